The molecule has 0 saturated heterocycles. The highest BCUT2D eigenvalue weighted by molar-refractivity contribution is 5.89. The molecule has 1 atom stereocenters. The van der Waals surface area contributed by atoms with Gasteiger partial charge in [-0.25, -0.2) is 9.78 Å². The lowest BCUT2D eigenvalue weighted by Gasteiger charge is -2.19. The molecule has 1 unspecified atom stereocenters. The number of aliphatic hydroxyl groups excluding tert-OH is 1. The summed E-state index contributed by atoms with van der Waals surface area (Å²) in [6.07, 6.45) is 4.40. The van der Waals surface area contributed by atoms with E-state index in [4.69, 9.17) is 5.11 Å². The highest BCUT2D eigenvalue weighted by atomic mass is 16.4. The number of anilines is 2. The zero-order valence-corrected chi connectivity index (χ0v) is 17.7. The third kappa shape index (κ3) is 4.59. The number of nitrogens with one attached hydrogen (secondary N) is 2. The second kappa shape index (κ2) is 9.56. The maximum Gasteiger partial charge on any atom is 0.411 e. The third-order valence-corrected chi connectivity index (χ3v) is 5.20. The largest absolute Gasteiger partial charge is 0.465 e. The van der Waals surface area contributed by atoms with Crippen molar-refractivity contribution < 1.29 is 15.0 Å². The number of carboxylic acid groups (broad SMARTS) is 1. The van der Waals surface area contributed by atoms with Crippen molar-refractivity contribution in [3.05, 3.63) is 48.3 Å². The number of hydrogen-bond acceptors (Lipinski definition) is 7. The molecule has 4 aromatic rings. The first-order valence-corrected chi connectivity index (χ1v) is 10.5. The Morgan fingerprint density at radius 3 is 2.81 bits per heavy atom. The molecule has 3 heterocycles. The van der Waals surface area contributed by atoms with Gasteiger partial charge >= 0.3 is 6.09 Å². The molecule has 0 bridgehead atoms. The lowest BCUT2D eigenvalue weighted by atomic mass is 10.1. The smallest absolute Gasteiger partial charge is 0.411 e. The molecule has 32 heavy (non-hydrogen) atoms. The van der Waals surface area contributed by atoms with Crippen molar-refractivity contribution >= 4 is 39.8 Å². The van der Waals surface area contributed by atoms with Gasteiger partial charge in [0.05, 0.1) is 18.3 Å². The average Bonchev–Trinajstić information content (AvgIpc) is 3.17. The highest BCUT2D eigenvalue weighted by Gasteiger charge is 2.18. The number of aliphatic hydroxyl groups is 1. The van der Waals surface area contributed by atoms with Crippen molar-refractivity contribution in [2.24, 2.45) is 0 Å². The standard InChI is InChI=1S/C22H25N7O3/c1-2-5-16(9-11-30)25-20-19-17(26-21(27-20)28-22(31)32)12-24-29(19)13-15-7-3-6-14-8-4-10-23-18(14)15/h3-4,6-8,10,12,16,30H,2,5,9,11,13H2,1H3,(H,31,32)(H2,25,26,27,28). The molecule has 4 rings (SSSR count). The monoisotopic (exact) mass is 435 g/mol. The molecule has 1 aromatic carbocycles. The van der Waals surface area contributed by atoms with E-state index in [2.05, 4.69) is 37.6 Å². The van der Waals surface area contributed by atoms with Crippen LogP contribution in [0.3, 0.4) is 0 Å². The van der Waals surface area contributed by atoms with Gasteiger partial charge in [-0.3, -0.25) is 15.0 Å². The number of para-hydroxylation sites is 1. The number of amides is 1. The minimum Gasteiger partial charge on any atom is -0.465 e. The Hall–Kier alpha value is -3.79. The SMILES string of the molecule is CCCC(CCO)Nc1nc(NC(=O)O)nc2cnn(Cc3cccc4cccnc34)c12. The van der Waals surface area contributed by atoms with E-state index in [1.807, 2.05) is 30.3 Å². The van der Waals surface area contributed by atoms with E-state index >= 15 is 0 Å². The number of hydrogen-bond donors (Lipinski definition) is 4. The van der Waals surface area contributed by atoms with Gasteiger partial charge in [0.2, 0.25) is 5.95 Å². The van der Waals surface area contributed by atoms with Crippen LogP contribution >= 0.6 is 0 Å². The molecule has 0 radical (unpaired) electrons. The normalized spacial score (nSPS) is 12.2. The predicted octanol–water partition coefficient (Wildman–Crippen LogP) is 3.48. The summed E-state index contributed by atoms with van der Waals surface area (Å²) in [7, 11) is 0. The van der Waals surface area contributed by atoms with Gasteiger partial charge in [0.25, 0.3) is 0 Å². The van der Waals surface area contributed by atoms with Crippen LogP contribution < -0.4 is 10.6 Å². The molecule has 0 spiro atoms. The maximum atomic E-state index is 11.1. The van der Waals surface area contributed by atoms with Crippen LogP contribution in [0.4, 0.5) is 16.6 Å². The predicted molar refractivity (Wildman–Crippen MR) is 122 cm³/mol. The second-order valence-electron chi connectivity index (χ2n) is 7.50. The number of carbonyl (C=O) groups is 1. The van der Waals surface area contributed by atoms with Crippen LogP contribution in [0.1, 0.15) is 31.7 Å². The van der Waals surface area contributed by atoms with Crippen molar-refractivity contribution in [2.75, 3.05) is 17.2 Å². The summed E-state index contributed by atoms with van der Waals surface area (Å²) in [5, 5.41) is 29.7. The number of aromatic nitrogens is 5. The molecule has 3 aromatic heterocycles. The van der Waals surface area contributed by atoms with Gasteiger partial charge in [0, 0.05) is 24.2 Å². The summed E-state index contributed by atoms with van der Waals surface area (Å²) in [6, 6.07) is 9.88. The van der Waals surface area contributed by atoms with Gasteiger partial charge in [-0.15, -0.1) is 0 Å². The number of fused-ring (bicyclic) bond motifs is 2. The first-order valence-electron chi connectivity index (χ1n) is 10.5. The van der Waals surface area contributed by atoms with E-state index in [1.54, 1.807) is 17.1 Å². The summed E-state index contributed by atoms with van der Waals surface area (Å²) < 4.78 is 1.79. The summed E-state index contributed by atoms with van der Waals surface area (Å²) in [4.78, 5) is 24.4. The topological polar surface area (TPSA) is 138 Å². The van der Waals surface area contributed by atoms with Crippen LogP contribution in [-0.4, -0.2) is 53.7 Å². The van der Waals surface area contributed by atoms with Crippen molar-refractivity contribution in [3.63, 3.8) is 0 Å². The molecule has 0 aliphatic carbocycles. The Labute approximate surface area is 184 Å². The fourth-order valence-corrected chi connectivity index (χ4v) is 3.81. The first kappa shape index (κ1) is 21.4. The Morgan fingerprint density at radius 1 is 1.19 bits per heavy atom. The molecule has 0 fully saturated rings. The minimum atomic E-state index is -1.25. The van der Waals surface area contributed by atoms with E-state index in [-0.39, 0.29) is 18.6 Å². The van der Waals surface area contributed by atoms with E-state index in [0.717, 1.165) is 29.3 Å². The summed E-state index contributed by atoms with van der Waals surface area (Å²) in [5.74, 6) is 0.439. The van der Waals surface area contributed by atoms with Gasteiger partial charge in [-0.1, -0.05) is 37.6 Å². The molecule has 10 nitrogen and oxygen atoms in total. The molecule has 1 amide bonds. The Bertz CT molecular complexity index is 1230. The number of pyridine rings is 1. The molecular weight excluding hydrogens is 410 g/mol. The fourth-order valence-electron chi connectivity index (χ4n) is 3.81. The summed E-state index contributed by atoms with van der Waals surface area (Å²) >= 11 is 0. The van der Waals surface area contributed by atoms with E-state index < -0.39 is 6.09 Å². The number of nitrogens with zero attached hydrogens (tertiary/aromatic N) is 5. The first-order chi connectivity index (χ1) is 15.6. The van der Waals surface area contributed by atoms with Crippen LogP contribution in [0.15, 0.2) is 42.7 Å². The van der Waals surface area contributed by atoms with Gasteiger partial charge in [-0.05, 0) is 24.5 Å². The van der Waals surface area contributed by atoms with Gasteiger partial charge in [-0.2, -0.15) is 10.1 Å². The van der Waals surface area contributed by atoms with E-state index in [1.165, 1.54) is 0 Å². The Balaban J connectivity index is 1.78. The molecule has 0 aliphatic rings. The molecular formula is C22H25N7O3. The lowest BCUT2D eigenvalue weighted by molar-refractivity contribution is 0.209. The summed E-state index contributed by atoms with van der Waals surface area (Å²) in [6.45, 7) is 2.55. The van der Waals surface area contributed by atoms with Crippen LogP contribution in [0.2, 0.25) is 0 Å². The molecule has 0 aliphatic heterocycles. The maximum absolute atomic E-state index is 11.1. The number of benzene rings is 1. The van der Waals surface area contributed by atoms with E-state index in [0.29, 0.717) is 29.8 Å². The van der Waals surface area contributed by atoms with Crippen LogP contribution in [0, 0.1) is 0 Å². The zero-order chi connectivity index (χ0) is 22.5. The van der Waals surface area contributed by atoms with Gasteiger partial charge < -0.3 is 15.5 Å². The quantitative estimate of drug-likeness (QED) is 0.313. The van der Waals surface area contributed by atoms with E-state index in [9.17, 15) is 9.90 Å². The molecule has 0 saturated carbocycles. The summed E-state index contributed by atoms with van der Waals surface area (Å²) in [5.41, 5.74) is 3.06. The van der Waals surface area contributed by atoms with Crippen molar-refractivity contribution in [2.45, 2.75) is 38.8 Å². The van der Waals surface area contributed by atoms with Crippen molar-refractivity contribution in [3.8, 4) is 0 Å². The van der Waals surface area contributed by atoms with Crippen LogP contribution in [0.25, 0.3) is 21.9 Å². The fraction of sp³-hybridized carbons (Fsp3) is 0.318. The Morgan fingerprint density at radius 2 is 2.03 bits per heavy atom. The minimum absolute atomic E-state index is 0.0247. The van der Waals surface area contributed by atoms with Crippen LogP contribution in [-0.2, 0) is 6.54 Å². The molecule has 10 heteroatoms. The van der Waals surface area contributed by atoms with Gasteiger partial charge in [0.1, 0.15) is 11.0 Å². The van der Waals surface area contributed by atoms with Crippen molar-refractivity contribution in [1.82, 2.24) is 24.7 Å². The van der Waals surface area contributed by atoms with Crippen molar-refractivity contribution in [1.29, 1.82) is 0 Å². The number of rotatable bonds is 9. The zero-order valence-electron chi connectivity index (χ0n) is 17.7. The lowest BCUT2D eigenvalue weighted by Crippen LogP contribution is -2.23. The molecule has 166 valence electrons. The van der Waals surface area contributed by atoms with Gasteiger partial charge in [0.15, 0.2) is 5.82 Å². The highest BCUT2D eigenvalue weighted by Crippen LogP contribution is 2.26. The van der Waals surface area contributed by atoms with Crippen LogP contribution in [0.5, 0.6) is 0 Å². The average molecular weight is 435 g/mol. The second-order valence-corrected chi connectivity index (χ2v) is 7.50. The third-order valence-electron chi connectivity index (χ3n) is 5.20. The molecule has 4 N–H and O–H groups in total. The Kier molecular flexibility index (Phi) is 6.41.